The van der Waals surface area contributed by atoms with Crippen molar-refractivity contribution in [3.63, 3.8) is 0 Å². The summed E-state index contributed by atoms with van der Waals surface area (Å²) < 4.78 is 0. The Bertz CT molecular complexity index is 268. The first kappa shape index (κ1) is 7.34. The minimum absolute atomic E-state index is 0.242. The topological polar surface area (TPSA) is 49.0 Å². The molecule has 0 radical (unpaired) electrons. The zero-order chi connectivity index (χ0) is 8.39. The fourth-order valence-corrected chi connectivity index (χ4v) is 1.44. The lowest BCUT2D eigenvalue weighted by Gasteiger charge is -2.12. The Morgan fingerprint density at radius 2 is 2.58 bits per heavy atom. The fraction of sp³-hybridized carbons (Fsp3) is 0.500. The smallest absolute Gasteiger partial charge is 0.223 e. The lowest BCUT2D eigenvalue weighted by molar-refractivity contribution is -0.128. The maximum atomic E-state index is 11.2. The van der Waals surface area contributed by atoms with Gasteiger partial charge in [-0.1, -0.05) is 0 Å². The Hall–Kier alpha value is -1.32. The summed E-state index contributed by atoms with van der Waals surface area (Å²) in [7, 11) is 0. The molecule has 12 heavy (non-hydrogen) atoms. The Morgan fingerprint density at radius 3 is 3.17 bits per heavy atom. The van der Waals surface area contributed by atoms with E-state index in [4.69, 9.17) is 0 Å². The summed E-state index contributed by atoms with van der Waals surface area (Å²) in [5, 5.41) is 0. The van der Waals surface area contributed by atoms with Crippen LogP contribution in [-0.2, 0) is 11.3 Å². The van der Waals surface area contributed by atoms with E-state index < -0.39 is 0 Å². The Morgan fingerprint density at radius 1 is 1.67 bits per heavy atom. The van der Waals surface area contributed by atoms with Crippen molar-refractivity contribution in [2.75, 3.05) is 6.54 Å². The number of hydrogen-bond acceptors (Lipinski definition) is 2. The maximum Gasteiger partial charge on any atom is 0.223 e. The molecule has 1 amide bonds. The summed E-state index contributed by atoms with van der Waals surface area (Å²) in [6.07, 6.45) is 5.16. The van der Waals surface area contributed by atoms with E-state index in [0.717, 1.165) is 18.8 Å². The zero-order valence-electron chi connectivity index (χ0n) is 6.79. The molecule has 1 fully saturated rings. The SMILES string of the molecule is O=C1CCCN1Cc1ncc[nH]1. The van der Waals surface area contributed by atoms with Crippen LogP contribution < -0.4 is 0 Å². The van der Waals surface area contributed by atoms with E-state index in [9.17, 15) is 4.79 Å². The van der Waals surface area contributed by atoms with Crippen molar-refractivity contribution in [2.24, 2.45) is 0 Å². The molecule has 0 aromatic carbocycles. The van der Waals surface area contributed by atoms with E-state index >= 15 is 0 Å². The lowest BCUT2D eigenvalue weighted by atomic mass is 10.4. The van der Waals surface area contributed by atoms with Crippen LogP contribution >= 0.6 is 0 Å². The highest BCUT2D eigenvalue weighted by Crippen LogP contribution is 2.11. The van der Waals surface area contributed by atoms with Gasteiger partial charge in [0.25, 0.3) is 0 Å². The lowest BCUT2D eigenvalue weighted by Crippen LogP contribution is -2.24. The monoisotopic (exact) mass is 165 g/mol. The molecule has 0 spiro atoms. The minimum Gasteiger partial charge on any atom is -0.347 e. The Balaban J connectivity index is 1.99. The van der Waals surface area contributed by atoms with Crippen LogP contribution in [0, 0.1) is 0 Å². The predicted octanol–water partition coefficient (Wildman–Crippen LogP) is 0.532. The van der Waals surface area contributed by atoms with Gasteiger partial charge in [-0.3, -0.25) is 4.79 Å². The number of nitrogens with zero attached hydrogens (tertiary/aromatic N) is 2. The first-order valence-electron chi connectivity index (χ1n) is 4.12. The second kappa shape index (κ2) is 2.97. The van der Waals surface area contributed by atoms with Crippen LogP contribution in [0.2, 0.25) is 0 Å². The standard InChI is InChI=1S/C8H11N3O/c12-8-2-1-5-11(8)6-7-9-3-4-10-7/h3-4H,1-2,5-6H2,(H,9,10). The molecule has 0 unspecified atom stereocenters. The van der Waals surface area contributed by atoms with Crippen molar-refractivity contribution in [1.29, 1.82) is 0 Å². The van der Waals surface area contributed by atoms with Gasteiger partial charge in [-0.05, 0) is 6.42 Å². The van der Waals surface area contributed by atoms with E-state index in [1.807, 2.05) is 4.90 Å². The minimum atomic E-state index is 0.242. The van der Waals surface area contributed by atoms with E-state index in [2.05, 4.69) is 9.97 Å². The van der Waals surface area contributed by atoms with Crippen LogP contribution in [-0.4, -0.2) is 27.3 Å². The third kappa shape index (κ3) is 1.32. The molecule has 4 heteroatoms. The number of hydrogen-bond donors (Lipinski definition) is 1. The summed E-state index contributed by atoms with van der Waals surface area (Å²) >= 11 is 0. The molecule has 1 aliphatic heterocycles. The summed E-state index contributed by atoms with van der Waals surface area (Å²) in [6, 6.07) is 0. The molecule has 0 bridgehead atoms. The summed E-state index contributed by atoms with van der Waals surface area (Å²) in [5.74, 6) is 1.11. The molecule has 1 aliphatic rings. The summed E-state index contributed by atoms with van der Waals surface area (Å²) in [4.78, 5) is 20.1. The number of rotatable bonds is 2. The van der Waals surface area contributed by atoms with Gasteiger partial charge in [0.05, 0.1) is 6.54 Å². The second-order valence-electron chi connectivity index (χ2n) is 2.95. The number of carbonyl (C=O) groups is 1. The molecule has 1 N–H and O–H groups in total. The molecule has 2 rings (SSSR count). The molecule has 0 atom stereocenters. The number of nitrogens with one attached hydrogen (secondary N) is 1. The van der Waals surface area contributed by atoms with Crippen LogP contribution in [0.5, 0.6) is 0 Å². The molecule has 1 aromatic rings. The van der Waals surface area contributed by atoms with E-state index in [0.29, 0.717) is 13.0 Å². The maximum absolute atomic E-state index is 11.2. The van der Waals surface area contributed by atoms with Crippen LogP contribution in [0.4, 0.5) is 0 Å². The van der Waals surface area contributed by atoms with E-state index in [1.54, 1.807) is 12.4 Å². The summed E-state index contributed by atoms with van der Waals surface area (Å²) in [5.41, 5.74) is 0. The van der Waals surface area contributed by atoms with Crippen molar-refractivity contribution < 1.29 is 4.79 Å². The second-order valence-corrected chi connectivity index (χ2v) is 2.95. The van der Waals surface area contributed by atoms with Gasteiger partial charge in [0.2, 0.25) is 5.91 Å². The number of likely N-dealkylation sites (tertiary alicyclic amines) is 1. The fourth-order valence-electron chi connectivity index (χ4n) is 1.44. The van der Waals surface area contributed by atoms with Gasteiger partial charge in [-0.15, -0.1) is 0 Å². The molecule has 0 saturated carbocycles. The van der Waals surface area contributed by atoms with Crippen molar-refractivity contribution in [3.05, 3.63) is 18.2 Å². The number of amides is 1. The van der Waals surface area contributed by atoms with Crippen molar-refractivity contribution >= 4 is 5.91 Å². The quantitative estimate of drug-likeness (QED) is 0.695. The first-order chi connectivity index (χ1) is 5.86. The first-order valence-corrected chi connectivity index (χ1v) is 4.12. The third-order valence-corrected chi connectivity index (χ3v) is 2.07. The average molecular weight is 165 g/mol. The molecule has 1 aromatic heterocycles. The van der Waals surface area contributed by atoms with Gasteiger partial charge in [0.15, 0.2) is 0 Å². The van der Waals surface area contributed by atoms with Crippen molar-refractivity contribution in [3.8, 4) is 0 Å². The van der Waals surface area contributed by atoms with Gasteiger partial charge in [0.1, 0.15) is 5.82 Å². The van der Waals surface area contributed by atoms with Gasteiger partial charge < -0.3 is 9.88 Å². The number of carbonyl (C=O) groups excluding carboxylic acids is 1. The number of aromatic nitrogens is 2. The highest BCUT2D eigenvalue weighted by molar-refractivity contribution is 5.77. The van der Waals surface area contributed by atoms with Crippen LogP contribution in [0.1, 0.15) is 18.7 Å². The Kier molecular flexibility index (Phi) is 1.81. The van der Waals surface area contributed by atoms with Gasteiger partial charge in [-0.2, -0.15) is 0 Å². The highest BCUT2D eigenvalue weighted by atomic mass is 16.2. The molecule has 64 valence electrons. The van der Waals surface area contributed by atoms with Crippen molar-refractivity contribution in [1.82, 2.24) is 14.9 Å². The van der Waals surface area contributed by atoms with Gasteiger partial charge in [-0.25, -0.2) is 4.98 Å². The van der Waals surface area contributed by atoms with Crippen molar-refractivity contribution in [2.45, 2.75) is 19.4 Å². The molecule has 0 aliphatic carbocycles. The number of H-pyrrole nitrogens is 1. The van der Waals surface area contributed by atoms with Gasteiger partial charge in [0, 0.05) is 25.4 Å². The molecule has 4 nitrogen and oxygen atoms in total. The average Bonchev–Trinajstić information content (AvgIpc) is 2.65. The number of aromatic amines is 1. The number of imidazole rings is 1. The van der Waals surface area contributed by atoms with E-state index in [-0.39, 0.29) is 5.91 Å². The van der Waals surface area contributed by atoms with E-state index in [1.165, 1.54) is 0 Å². The zero-order valence-corrected chi connectivity index (χ0v) is 6.79. The summed E-state index contributed by atoms with van der Waals surface area (Å²) in [6.45, 7) is 1.51. The molecular weight excluding hydrogens is 154 g/mol. The predicted molar refractivity (Wildman–Crippen MR) is 43.2 cm³/mol. The highest BCUT2D eigenvalue weighted by Gasteiger charge is 2.20. The van der Waals surface area contributed by atoms with Crippen LogP contribution in [0.15, 0.2) is 12.4 Å². The normalized spacial score (nSPS) is 17.3. The molecule has 2 heterocycles. The Labute approximate surface area is 70.6 Å². The molecule has 1 saturated heterocycles. The largest absolute Gasteiger partial charge is 0.347 e. The molecular formula is C8H11N3O. The third-order valence-electron chi connectivity index (χ3n) is 2.07. The van der Waals surface area contributed by atoms with Gasteiger partial charge >= 0.3 is 0 Å². The van der Waals surface area contributed by atoms with Crippen LogP contribution in [0.3, 0.4) is 0 Å². The van der Waals surface area contributed by atoms with Crippen LogP contribution in [0.25, 0.3) is 0 Å².